The Morgan fingerprint density at radius 3 is 2.56 bits per heavy atom. The Morgan fingerprint density at radius 1 is 1.67 bits per heavy atom. The van der Waals surface area contributed by atoms with E-state index in [0.717, 1.165) is 0 Å². The second-order valence-electron chi connectivity index (χ2n) is 1.45. The van der Waals surface area contributed by atoms with E-state index >= 15 is 0 Å². The molecule has 3 heteroatoms. The van der Waals surface area contributed by atoms with Crippen molar-refractivity contribution < 1.29 is 0 Å². The number of hydrogen-bond acceptors (Lipinski definition) is 1. The van der Waals surface area contributed by atoms with E-state index in [-0.39, 0.29) is 0 Å². The van der Waals surface area contributed by atoms with Gasteiger partial charge in [-0.3, -0.25) is 0 Å². The first kappa shape index (κ1) is 8.86. The smallest absolute Gasteiger partial charge is 0.0604 e. The van der Waals surface area contributed by atoms with Gasteiger partial charge in [-0.1, -0.05) is 17.7 Å². The van der Waals surface area contributed by atoms with Gasteiger partial charge in [-0.15, -0.1) is 11.6 Å². The molecule has 0 radical (unpaired) electrons. The highest BCUT2D eigenvalue weighted by molar-refractivity contribution is 6.32. The third-order valence-corrected chi connectivity index (χ3v) is 1.37. The molecule has 0 aliphatic rings. The highest BCUT2D eigenvalue weighted by Gasteiger charge is 1.91. The predicted molar refractivity (Wildman–Crippen MR) is 42.6 cm³/mol. The summed E-state index contributed by atoms with van der Waals surface area (Å²) in [5.41, 5.74) is 5.97. The molecule has 0 aromatic carbocycles. The Kier molecular flexibility index (Phi) is 4.64. The van der Waals surface area contributed by atoms with Gasteiger partial charge in [0, 0.05) is 11.6 Å². The van der Waals surface area contributed by atoms with Crippen molar-refractivity contribution in [2.24, 2.45) is 5.73 Å². The van der Waals surface area contributed by atoms with Crippen molar-refractivity contribution in [2.45, 2.75) is 6.92 Å². The maximum absolute atomic E-state index is 5.61. The minimum atomic E-state index is 0.396. The Balaban J connectivity index is 4.03. The van der Waals surface area contributed by atoms with Gasteiger partial charge in [0.1, 0.15) is 0 Å². The third kappa shape index (κ3) is 3.44. The molecule has 0 spiro atoms. The van der Waals surface area contributed by atoms with Gasteiger partial charge in [0.2, 0.25) is 0 Å². The maximum Gasteiger partial charge on any atom is 0.0604 e. The van der Waals surface area contributed by atoms with Crippen molar-refractivity contribution in [3.05, 3.63) is 22.9 Å². The van der Waals surface area contributed by atoms with Gasteiger partial charge in [0.25, 0.3) is 0 Å². The summed E-state index contributed by atoms with van der Waals surface area (Å²) in [4.78, 5) is 0. The van der Waals surface area contributed by atoms with Crippen LogP contribution in [0.1, 0.15) is 6.92 Å². The zero-order chi connectivity index (χ0) is 7.28. The lowest BCUT2D eigenvalue weighted by molar-refractivity contribution is 1.36. The summed E-state index contributed by atoms with van der Waals surface area (Å²) < 4.78 is 0. The van der Waals surface area contributed by atoms with E-state index in [1.807, 2.05) is 6.92 Å². The standard InChI is InChI=1S/C6H9Cl2N/c1-2-6(9)5(8)3-4-7/h2-3H,4,9H2,1H3/b5-3+,6-2+. The molecule has 0 heterocycles. The van der Waals surface area contributed by atoms with Crippen LogP contribution < -0.4 is 5.73 Å². The average molecular weight is 166 g/mol. The van der Waals surface area contributed by atoms with E-state index in [1.54, 1.807) is 12.2 Å². The average Bonchev–Trinajstić information content (AvgIpc) is 1.87. The molecule has 0 fully saturated rings. The number of rotatable bonds is 2. The van der Waals surface area contributed by atoms with Gasteiger partial charge in [-0.05, 0) is 13.0 Å². The summed E-state index contributed by atoms with van der Waals surface area (Å²) in [5, 5.41) is 0.521. The molecule has 0 aromatic heterocycles. The van der Waals surface area contributed by atoms with Crippen molar-refractivity contribution in [3.63, 3.8) is 0 Å². The summed E-state index contributed by atoms with van der Waals surface area (Å²) in [6, 6.07) is 0. The fourth-order valence-corrected chi connectivity index (χ4v) is 0.743. The molecule has 2 N–H and O–H groups in total. The zero-order valence-corrected chi connectivity index (χ0v) is 6.71. The second kappa shape index (κ2) is 4.71. The molecular formula is C6H9Cl2N. The van der Waals surface area contributed by atoms with Crippen molar-refractivity contribution in [3.8, 4) is 0 Å². The minimum Gasteiger partial charge on any atom is -0.398 e. The molecule has 0 rings (SSSR count). The zero-order valence-electron chi connectivity index (χ0n) is 5.20. The molecule has 0 aliphatic carbocycles. The SMILES string of the molecule is C/C=C(N)\C(Cl)=C/CCl. The monoisotopic (exact) mass is 165 g/mol. The van der Waals surface area contributed by atoms with Crippen LogP contribution in [0.4, 0.5) is 0 Å². The van der Waals surface area contributed by atoms with Crippen LogP contribution in [-0.2, 0) is 0 Å². The largest absolute Gasteiger partial charge is 0.398 e. The molecule has 0 aliphatic heterocycles. The molecule has 52 valence electrons. The Labute approximate surface area is 65.1 Å². The molecule has 9 heavy (non-hydrogen) atoms. The number of alkyl halides is 1. The van der Waals surface area contributed by atoms with Gasteiger partial charge in [-0.2, -0.15) is 0 Å². The number of halogens is 2. The molecule has 1 nitrogen and oxygen atoms in total. The number of hydrogen-bond donors (Lipinski definition) is 1. The molecule has 0 aromatic rings. The van der Waals surface area contributed by atoms with Crippen LogP contribution in [0, 0.1) is 0 Å². The first-order valence-corrected chi connectivity index (χ1v) is 3.47. The van der Waals surface area contributed by atoms with Crippen LogP contribution in [0.5, 0.6) is 0 Å². The van der Waals surface area contributed by atoms with Crippen molar-refractivity contribution in [2.75, 3.05) is 5.88 Å². The minimum absolute atomic E-state index is 0.396. The van der Waals surface area contributed by atoms with Crippen LogP contribution in [-0.4, -0.2) is 5.88 Å². The van der Waals surface area contributed by atoms with Crippen LogP contribution in [0.15, 0.2) is 22.9 Å². The van der Waals surface area contributed by atoms with Crippen LogP contribution in [0.25, 0.3) is 0 Å². The van der Waals surface area contributed by atoms with Crippen molar-refractivity contribution >= 4 is 23.2 Å². The highest BCUT2D eigenvalue weighted by atomic mass is 35.5. The summed E-state index contributed by atoms with van der Waals surface area (Å²) in [5.74, 6) is 0.396. The van der Waals surface area contributed by atoms with Gasteiger partial charge in [-0.25, -0.2) is 0 Å². The lowest BCUT2D eigenvalue weighted by atomic mass is 10.4. The van der Waals surface area contributed by atoms with E-state index in [4.69, 9.17) is 28.9 Å². The molecule has 0 bridgehead atoms. The topological polar surface area (TPSA) is 26.0 Å². The Morgan fingerprint density at radius 2 is 2.22 bits per heavy atom. The van der Waals surface area contributed by atoms with Crippen molar-refractivity contribution in [1.29, 1.82) is 0 Å². The van der Waals surface area contributed by atoms with Gasteiger partial charge >= 0.3 is 0 Å². The molecule has 0 saturated carbocycles. The summed E-state index contributed by atoms with van der Waals surface area (Å²) >= 11 is 11.0. The summed E-state index contributed by atoms with van der Waals surface area (Å²) in [6.07, 6.45) is 3.38. The second-order valence-corrected chi connectivity index (χ2v) is 2.17. The highest BCUT2D eigenvalue weighted by Crippen LogP contribution is 2.08. The Bertz CT molecular complexity index is 138. The summed E-state index contributed by atoms with van der Waals surface area (Å²) in [7, 11) is 0. The molecule has 0 amide bonds. The fourth-order valence-electron chi connectivity index (χ4n) is 0.323. The van der Waals surface area contributed by atoms with E-state index in [1.165, 1.54) is 0 Å². The van der Waals surface area contributed by atoms with Crippen LogP contribution >= 0.6 is 23.2 Å². The third-order valence-electron chi connectivity index (χ3n) is 0.843. The number of nitrogens with two attached hydrogens (primary N) is 1. The van der Waals surface area contributed by atoms with E-state index in [9.17, 15) is 0 Å². The van der Waals surface area contributed by atoms with E-state index in [0.29, 0.717) is 16.6 Å². The lowest BCUT2D eigenvalue weighted by Gasteiger charge is -1.94. The molecule has 0 atom stereocenters. The fraction of sp³-hybridized carbons (Fsp3) is 0.333. The molecule has 0 unspecified atom stereocenters. The quantitative estimate of drug-likeness (QED) is 0.493. The van der Waals surface area contributed by atoms with Crippen LogP contribution in [0.3, 0.4) is 0 Å². The van der Waals surface area contributed by atoms with Crippen LogP contribution in [0.2, 0.25) is 0 Å². The predicted octanol–water partition coefficient (Wildman–Crippen LogP) is 2.21. The maximum atomic E-state index is 5.61. The number of allylic oxidation sites excluding steroid dienone is 3. The molecule has 0 saturated heterocycles. The van der Waals surface area contributed by atoms with Gasteiger partial charge < -0.3 is 5.73 Å². The lowest BCUT2D eigenvalue weighted by Crippen LogP contribution is -1.95. The van der Waals surface area contributed by atoms with E-state index in [2.05, 4.69) is 0 Å². The van der Waals surface area contributed by atoms with Gasteiger partial charge in [0.05, 0.1) is 5.03 Å². The normalized spacial score (nSPS) is 14.1. The molecular weight excluding hydrogens is 157 g/mol. The van der Waals surface area contributed by atoms with Crippen molar-refractivity contribution in [1.82, 2.24) is 0 Å². The van der Waals surface area contributed by atoms with Gasteiger partial charge in [0.15, 0.2) is 0 Å². The first-order valence-electron chi connectivity index (χ1n) is 2.56. The Hall–Kier alpha value is -0.140. The first-order chi connectivity index (χ1) is 4.22. The van der Waals surface area contributed by atoms with E-state index < -0.39 is 0 Å². The summed E-state index contributed by atoms with van der Waals surface area (Å²) in [6.45, 7) is 1.82.